The van der Waals surface area contributed by atoms with Crippen LogP contribution in [-0.4, -0.2) is 28.6 Å². The van der Waals surface area contributed by atoms with E-state index in [-0.39, 0.29) is 0 Å². The molecule has 1 unspecified atom stereocenters. The summed E-state index contributed by atoms with van der Waals surface area (Å²) in [7, 11) is 0. The molecule has 0 radical (unpaired) electrons. The maximum Gasteiger partial charge on any atom is 0.335 e. The fourth-order valence-corrected chi connectivity index (χ4v) is 2.93. The molecule has 0 spiro atoms. The van der Waals surface area contributed by atoms with Gasteiger partial charge in [-0.1, -0.05) is 26.7 Å². The quantitative estimate of drug-likeness (QED) is 0.914. The monoisotopic (exact) mass is 276 g/mol. The topological polar surface area (TPSA) is 53.4 Å². The first-order chi connectivity index (χ1) is 9.65. The smallest absolute Gasteiger partial charge is 0.335 e. The van der Waals surface area contributed by atoms with Gasteiger partial charge < -0.3 is 10.0 Å². The van der Waals surface area contributed by atoms with Crippen molar-refractivity contribution in [2.24, 2.45) is 0 Å². The van der Waals surface area contributed by atoms with Gasteiger partial charge in [-0.2, -0.15) is 0 Å². The maximum atomic E-state index is 11.3. The Morgan fingerprint density at radius 2 is 2.15 bits per heavy atom. The molecule has 1 aromatic heterocycles. The first kappa shape index (κ1) is 14.8. The third-order valence-electron chi connectivity index (χ3n) is 4.12. The minimum Gasteiger partial charge on any atom is -0.478 e. The molecular formula is C16H24N2O2. The summed E-state index contributed by atoms with van der Waals surface area (Å²) < 4.78 is 0. The van der Waals surface area contributed by atoms with Crippen molar-refractivity contribution in [2.75, 3.05) is 11.4 Å². The molecule has 0 saturated carbocycles. The van der Waals surface area contributed by atoms with Crippen LogP contribution in [0.2, 0.25) is 0 Å². The number of pyridine rings is 1. The van der Waals surface area contributed by atoms with Crippen LogP contribution in [0.5, 0.6) is 0 Å². The van der Waals surface area contributed by atoms with E-state index in [1.54, 1.807) is 12.1 Å². The molecule has 2 heterocycles. The molecule has 0 amide bonds. The third-order valence-corrected chi connectivity index (χ3v) is 4.12. The highest BCUT2D eigenvalue weighted by atomic mass is 16.4. The summed E-state index contributed by atoms with van der Waals surface area (Å²) in [5.74, 6) is -0.0262. The SMILES string of the molecule is CCc1cc(C(=O)O)cc(N2CCCCCC2CC)n1. The number of rotatable bonds is 4. The van der Waals surface area contributed by atoms with Crippen LogP contribution in [0.25, 0.3) is 0 Å². The van der Waals surface area contributed by atoms with Crippen molar-refractivity contribution in [3.05, 3.63) is 23.4 Å². The Hall–Kier alpha value is -1.58. The van der Waals surface area contributed by atoms with Crippen LogP contribution >= 0.6 is 0 Å². The average molecular weight is 276 g/mol. The number of hydrogen-bond acceptors (Lipinski definition) is 3. The van der Waals surface area contributed by atoms with E-state index in [0.29, 0.717) is 11.6 Å². The molecule has 4 heteroatoms. The van der Waals surface area contributed by atoms with Crippen molar-refractivity contribution in [3.63, 3.8) is 0 Å². The predicted octanol–water partition coefficient (Wildman–Crippen LogP) is 3.50. The second-order valence-electron chi connectivity index (χ2n) is 5.47. The number of aromatic carboxylic acids is 1. The predicted molar refractivity (Wildman–Crippen MR) is 80.5 cm³/mol. The number of anilines is 1. The van der Waals surface area contributed by atoms with Gasteiger partial charge in [0.15, 0.2) is 0 Å². The van der Waals surface area contributed by atoms with Crippen LogP contribution in [0.3, 0.4) is 0 Å². The lowest BCUT2D eigenvalue weighted by Crippen LogP contribution is -2.35. The molecule has 1 aliphatic heterocycles. The molecule has 1 atom stereocenters. The number of carboxylic acids is 1. The molecule has 2 rings (SSSR count). The minimum atomic E-state index is -0.869. The number of nitrogens with zero attached hydrogens (tertiary/aromatic N) is 2. The van der Waals surface area contributed by atoms with Gasteiger partial charge in [0.25, 0.3) is 0 Å². The van der Waals surface area contributed by atoms with Crippen LogP contribution in [0.15, 0.2) is 12.1 Å². The zero-order chi connectivity index (χ0) is 14.5. The van der Waals surface area contributed by atoms with Crippen molar-refractivity contribution in [1.29, 1.82) is 0 Å². The lowest BCUT2D eigenvalue weighted by molar-refractivity contribution is 0.0696. The second kappa shape index (κ2) is 6.73. The molecule has 1 aliphatic rings. The van der Waals surface area contributed by atoms with Crippen LogP contribution < -0.4 is 4.90 Å². The standard InChI is InChI=1S/C16H24N2O2/c1-3-13-10-12(16(19)20)11-15(17-13)18-9-7-5-6-8-14(18)4-2/h10-11,14H,3-9H2,1-2H3,(H,19,20). The van der Waals surface area contributed by atoms with Gasteiger partial charge in [-0.3, -0.25) is 0 Å². The molecule has 1 fully saturated rings. The second-order valence-corrected chi connectivity index (χ2v) is 5.47. The molecular weight excluding hydrogens is 252 g/mol. The van der Waals surface area contributed by atoms with E-state index in [1.807, 2.05) is 6.92 Å². The van der Waals surface area contributed by atoms with Crippen LogP contribution in [0.1, 0.15) is 62.0 Å². The summed E-state index contributed by atoms with van der Waals surface area (Å²) in [6.45, 7) is 5.19. The van der Waals surface area contributed by atoms with Gasteiger partial charge in [0.05, 0.1) is 5.56 Å². The zero-order valence-electron chi connectivity index (χ0n) is 12.4. The summed E-state index contributed by atoms with van der Waals surface area (Å²) in [6.07, 6.45) is 6.70. The van der Waals surface area contributed by atoms with E-state index < -0.39 is 5.97 Å². The average Bonchev–Trinajstić information content (AvgIpc) is 2.71. The van der Waals surface area contributed by atoms with Crippen molar-refractivity contribution in [1.82, 2.24) is 4.98 Å². The number of hydrogen-bond donors (Lipinski definition) is 1. The number of aromatic nitrogens is 1. The summed E-state index contributed by atoms with van der Waals surface area (Å²) in [4.78, 5) is 18.3. The first-order valence-electron chi connectivity index (χ1n) is 7.66. The zero-order valence-corrected chi connectivity index (χ0v) is 12.4. The van der Waals surface area contributed by atoms with Crippen molar-refractivity contribution >= 4 is 11.8 Å². The Morgan fingerprint density at radius 3 is 2.80 bits per heavy atom. The van der Waals surface area contributed by atoms with Crippen LogP contribution in [0, 0.1) is 0 Å². The van der Waals surface area contributed by atoms with Gasteiger partial charge in [-0.05, 0) is 37.8 Å². The van der Waals surface area contributed by atoms with Gasteiger partial charge >= 0.3 is 5.97 Å². The summed E-state index contributed by atoms with van der Waals surface area (Å²) in [5, 5.41) is 9.26. The molecule has 0 aliphatic carbocycles. The molecule has 1 aromatic rings. The maximum absolute atomic E-state index is 11.3. The van der Waals surface area contributed by atoms with Crippen molar-refractivity contribution in [3.8, 4) is 0 Å². The number of carbonyl (C=O) groups is 1. The van der Waals surface area contributed by atoms with Gasteiger partial charge in [-0.15, -0.1) is 0 Å². The molecule has 1 N–H and O–H groups in total. The Labute approximate surface area is 120 Å². The summed E-state index contributed by atoms with van der Waals surface area (Å²) in [5.41, 5.74) is 1.21. The highest BCUT2D eigenvalue weighted by Crippen LogP contribution is 2.25. The van der Waals surface area contributed by atoms with Gasteiger partial charge in [-0.25, -0.2) is 9.78 Å². The number of carboxylic acid groups (broad SMARTS) is 1. The minimum absolute atomic E-state index is 0.353. The van der Waals surface area contributed by atoms with Gasteiger partial charge in [0.2, 0.25) is 0 Å². The van der Waals surface area contributed by atoms with Crippen molar-refractivity contribution in [2.45, 2.75) is 58.4 Å². The summed E-state index contributed by atoms with van der Waals surface area (Å²) in [6, 6.07) is 3.90. The first-order valence-corrected chi connectivity index (χ1v) is 7.66. The highest BCUT2D eigenvalue weighted by Gasteiger charge is 2.22. The molecule has 20 heavy (non-hydrogen) atoms. The van der Waals surface area contributed by atoms with Crippen LogP contribution in [-0.2, 0) is 6.42 Å². The van der Waals surface area contributed by atoms with Crippen LogP contribution in [0.4, 0.5) is 5.82 Å². The van der Waals surface area contributed by atoms with Gasteiger partial charge in [0, 0.05) is 18.3 Å². The highest BCUT2D eigenvalue weighted by molar-refractivity contribution is 5.88. The lowest BCUT2D eigenvalue weighted by atomic mass is 10.1. The van der Waals surface area contributed by atoms with Crippen molar-refractivity contribution < 1.29 is 9.90 Å². The Balaban J connectivity index is 2.37. The molecule has 110 valence electrons. The van der Waals surface area contributed by atoms with E-state index in [9.17, 15) is 9.90 Å². The third kappa shape index (κ3) is 3.30. The summed E-state index contributed by atoms with van der Waals surface area (Å²) >= 11 is 0. The van der Waals surface area contributed by atoms with E-state index in [2.05, 4.69) is 16.8 Å². The Kier molecular flexibility index (Phi) is 4.99. The molecule has 4 nitrogen and oxygen atoms in total. The Bertz CT molecular complexity index is 474. The van der Waals surface area contributed by atoms with E-state index >= 15 is 0 Å². The van der Waals surface area contributed by atoms with E-state index in [1.165, 1.54) is 19.3 Å². The normalized spacial score (nSPS) is 19.7. The van der Waals surface area contributed by atoms with Gasteiger partial charge in [0.1, 0.15) is 5.82 Å². The van der Waals surface area contributed by atoms with E-state index in [4.69, 9.17) is 0 Å². The largest absolute Gasteiger partial charge is 0.478 e. The van der Waals surface area contributed by atoms with E-state index in [0.717, 1.165) is 37.3 Å². The fourth-order valence-electron chi connectivity index (χ4n) is 2.93. The Morgan fingerprint density at radius 1 is 1.35 bits per heavy atom. The number of aryl methyl sites for hydroxylation is 1. The molecule has 1 saturated heterocycles. The fraction of sp³-hybridized carbons (Fsp3) is 0.625. The lowest BCUT2D eigenvalue weighted by Gasteiger charge is -2.31. The molecule has 0 aromatic carbocycles. The molecule has 0 bridgehead atoms.